The van der Waals surface area contributed by atoms with E-state index in [-0.39, 0.29) is 17.9 Å². The highest BCUT2D eigenvalue weighted by molar-refractivity contribution is 5.93. The molecule has 0 bridgehead atoms. The van der Waals surface area contributed by atoms with Crippen LogP contribution in [0.3, 0.4) is 0 Å². The number of aryl methyl sites for hydroxylation is 1. The minimum absolute atomic E-state index is 0.1000. The van der Waals surface area contributed by atoms with Crippen LogP contribution in [0.15, 0.2) is 42.9 Å². The van der Waals surface area contributed by atoms with Crippen LogP contribution in [0.2, 0.25) is 0 Å². The van der Waals surface area contributed by atoms with Gasteiger partial charge in [-0.25, -0.2) is 13.8 Å². The first-order valence-corrected chi connectivity index (χ1v) is 10.7. The maximum atomic E-state index is 14.0. The molecule has 3 heterocycles. The Bertz CT molecular complexity index is 1260. The van der Waals surface area contributed by atoms with Crippen LogP contribution in [0, 0.1) is 11.6 Å². The highest BCUT2D eigenvalue weighted by Crippen LogP contribution is 2.36. The number of ether oxygens (including phenoxy) is 1. The van der Waals surface area contributed by atoms with Crippen LogP contribution >= 0.6 is 0 Å². The smallest absolute Gasteiger partial charge is 0.167 e. The van der Waals surface area contributed by atoms with Gasteiger partial charge in [0.1, 0.15) is 17.3 Å². The summed E-state index contributed by atoms with van der Waals surface area (Å²) in [7, 11) is 3.72. The molecular formula is C23H24F2N6O. The van der Waals surface area contributed by atoms with Gasteiger partial charge in [0.05, 0.1) is 23.9 Å². The van der Waals surface area contributed by atoms with Crippen molar-refractivity contribution in [3.05, 3.63) is 54.5 Å². The molecule has 1 saturated carbocycles. The number of aromatic nitrogens is 5. The number of pyridine rings is 1. The quantitative estimate of drug-likeness (QED) is 0.489. The van der Waals surface area contributed by atoms with Crippen LogP contribution in [0.1, 0.15) is 31.7 Å². The van der Waals surface area contributed by atoms with Crippen molar-refractivity contribution in [2.24, 2.45) is 7.05 Å². The van der Waals surface area contributed by atoms with Crippen LogP contribution in [0.25, 0.3) is 22.2 Å². The Morgan fingerprint density at radius 3 is 2.59 bits per heavy atom. The molecule has 0 unspecified atom stereocenters. The zero-order valence-electron chi connectivity index (χ0n) is 17.9. The Morgan fingerprint density at radius 1 is 1.09 bits per heavy atom. The van der Waals surface area contributed by atoms with Crippen LogP contribution in [-0.2, 0) is 7.05 Å². The summed E-state index contributed by atoms with van der Waals surface area (Å²) in [5, 5.41) is 13.3. The molecule has 4 aromatic rings. The van der Waals surface area contributed by atoms with Crippen molar-refractivity contribution in [1.29, 1.82) is 0 Å². The lowest BCUT2D eigenvalue weighted by Gasteiger charge is -2.29. The molecule has 5 rings (SSSR count). The van der Waals surface area contributed by atoms with Crippen molar-refractivity contribution in [1.82, 2.24) is 24.5 Å². The average Bonchev–Trinajstić information content (AvgIpc) is 3.39. The molecule has 9 heteroatoms. The zero-order chi connectivity index (χ0) is 22.2. The number of halogens is 2. The van der Waals surface area contributed by atoms with Gasteiger partial charge in [-0.15, -0.1) is 0 Å². The lowest BCUT2D eigenvalue weighted by Crippen LogP contribution is -2.26. The summed E-state index contributed by atoms with van der Waals surface area (Å²) in [6, 6.07) is 5.62. The van der Waals surface area contributed by atoms with Gasteiger partial charge in [0.2, 0.25) is 0 Å². The van der Waals surface area contributed by atoms with Gasteiger partial charge in [-0.2, -0.15) is 10.2 Å². The Morgan fingerprint density at radius 2 is 1.91 bits per heavy atom. The summed E-state index contributed by atoms with van der Waals surface area (Å²) in [4.78, 5) is 4.48. The highest BCUT2D eigenvalue weighted by Gasteiger charge is 2.27. The summed E-state index contributed by atoms with van der Waals surface area (Å²) >= 11 is 0. The molecule has 0 aliphatic heterocycles. The number of hydrogen-bond acceptors (Lipinski definition) is 5. The second-order valence-electron chi connectivity index (χ2n) is 8.16. The fraction of sp³-hybridized carbons (Fsp3) is 0.348. The largest absolute Gasteiger partial charge is 0.487 e. The number of rotatable bonds is 5. The van der Waals surface area contributed by atoms with E-state index < -0.39 is 11.6 Å². The first-order chi connectivity index (χ1) is 15.5. The van der Waals surface area contributed by atoms with Crippen molar-refractivity contribution < 1.29 is 13.5 Å². The highest BCUT2D eigenvalue weighted by atomic mass is 19.1. The predicted octanol–water partition coefficient (Wildman–Crippen LogP) is 4.71. The summed E-state index contributed by atoms with van der Waals surface area (Å²) in [6.07, 6.45) is 8.69. The van der Waals surface area contributed by atoms with Gasteiger partial charge < -0.3 is 10.1 Å². The van der Waals surface area contributed by atoms with E-state index in [1.165, 1.54) is 12.1 Å². The van der Waals surface area contributed by atoms with Gasteiger partial charge >= 0.3 is 0 Å². The van der Waals surface area contributed by atoms with Crippen LogP contribution in [0.4, 0.5) is 14.6 Å². The molecule has 3 aromatic heterocycles. The summed E-state index contributed by atoms with van der Waals surface area (Å²) in [5.74, 6) is -0.398. The van der Waals surface area contributed by atoms with Gasteiger partial charge in [-0.05, 0) is 37.8 Å². The summed E-state index contributed by atoms with van der Waals surface area (Å²) < 4.78 is 36.8. The molecular weight excluding hydrogens is 414 g/mol. The molecule has 1 aliphatic carbocycles. The third kappa shape index (κ3) is 3.79. The summed E-state index contributed by atoms with van der Waals surface area (Å²) in [5.41, 5.74) is 2.81. The van der Waals surface area contributed by atoms with E-state index in [1.807, 2.05) is 32.6 Å². The lowest BCUT2D eigenvalue weighted by molar-refractivity contribution is 0.126. The number of hydrogen-bond donors (Lipinski definition) is 1. The predicted molar refractivity (Wildman–Crippen MR) is 118 cm³/mol. The minimum Gasteiger partial charge on any atom is -0.487 e. The third-order valence-electron chi connectivity index (χ3n) is 6.00. The second kappa shape index (κ2) is 8.22. The van der Waals surface area contributed by atoms with E-state index in [4.69, 9.17) is 9.84 Å². The van der Waals surface area contributed by atoms with Gasteiger partial charge in [-0.3, -0.25) is 9.36 Å². The summed E-state index contributed by atoms with van der Waals surface area (Å²) in [6.45, 7) is 0. The number of benzene rings is 1. The molecule has 0 saturated heterocycles. The van der Waals surface area contributed by atoms with Crippen molar-refractivity contribution in [3.8, 4) is 17.0 Å². The molecule has 166 valence electrons. The first kappa shape index (κ1) is 20.4. The Hall–Kier alpha value is -3.49. The third-order valence-corrected chi connectivity index (χ3v) is 6.00. The van der Waals surface area contributed by atoms with Crippen molar-refractivity contribution in [2.75, 3.05) is 12.4 Å². The standard InChI is InChI=1S/C23H24F2N6O/c1-26-22-10-20-18(12-27-22)23(14-11-28-30(2)13-14)29-31(20)16-4-6-17(7-5-16)32-21-8-3-15(24)9-19(21)25/h3,8-13,16-17H,4-7H2,1-2H3,(H,26,27)/t16-,17+. The molecule has 0 spiro atoms. The topological polar surface area (TPSA) is 69.8 Å². The number of fused-ring (bicyclic) bond motifs is 1. The number of nitrogens with one attached hydrogen (secondary N) is 1. The Balaban J connectivity index is 1.40. The normalized spacial score (nSPS) is 18.8. The van der Waals surface area contributed by atoms with E-state index in [2.05, 4.69) is 20.1 Å². The van der Waals surface area contributed by atoms with E-state index in [0.717, 1.165) is 59.7 Å². The maximum absolute atomic E-state index is 14.0. The minimum atomic E-state index is -0.668. The van der Waals surface area contributed by atoms with E-state index in [0.29, 0.717) is 0 Å². The molecule has 0 radical (unpaired) electrons. The van der Waals surface area contributed by atoms with Crippen LogP contribution < -0.4 is 10.1 Å². The number of nitrogens with zero attached hydrogens (tertiary/aromatic N) is 5. The zero-order valence-corrected chi connectivity index (χ0v) is 17.9. The molecule has 1 aliphatic rings. The van der Waals surface area contributed by atoms with Crippen molar-refractivity contribution >= 4 is 16.7 Å². The van der Waals surface area contributed by atoms with Crippen LogP contribution in [0.5, 0.6) is 5.75 Å². The monoisotopic (exact) mass is 438 g/mol. The van der Waals surface area contributed by atoms with Crippen LogP contribution in [-0.4, -0.2) is 37.7 Å². The fourth-order valence-corrected chi connectivity index (χ4v) is 4.36. The van der Waals surface area contributed by atoms with Crippen molar-refractivity contribution in [2.45, 2.75) is 37.8 Å². The van der Waals surface area contributed by atoms with Gasteiger partial charge in [0.15, 0.2) is 11.6 Å². The second-order valence-corrected chi connectivity index (χ2v) is 8.16. The van der Waals surface area contributed by atoms with E-state index in [9.17, 15) is 8.78 Å². The molecule has 1 fully saturated rings. The SMILES string of the molecule is CNc1cc2c(cn1)c(-c1cnn(C)c1)nn2[C@H]1CC[C@@H](Oc2ccc(F)cc2F)CC1. The molecule has 7 nitrogen and oxygen atoms in total. The van der Waals surface area contributed by atoms with Gasteiger partial charge in [-0.1, -0.05) is 0 Å². The van der Waals surface area contributed by atoms with Gasteiger partial charge in [0, 0.05) is 49.6 Å². The molecule has 0 atom stereocenters. The lowest BCUT2D eigenvalue weighted by atomic mass is 9.93. The van der Waals surface area contributed by atoms with E-state index >= 15 is 0 Å². The Kier molecular flexibility index (Phi) is 5.24. The first-order valence-electron chi connectivity index (χ1n) is 10.7. The van der Waals surface area contributed by atoms with Crippen molar-refractivity contribution in [3.63, 3.8) is 0 Å². The average molecular weight is 438 g/mol. The molecule has 1 aromatic carbocycles. The molecule has 1 N–H and O–H groups in total. The number of anilines is 1. The maximum Gasteiger partial charge on any atom is 0.167 e. The molecule has 32 heavy (non-hydrogen) atoms. The Labute approximate surface area is 184 Å². The van der Waals surface area contributed by atoms with Gasteiger partial charge in [0.25, 0.3) is 0 Å². The van der Waals surface area contributed by atoms with E-state index in [1.54, 1.807) is 10.9 Å². The molecule has 0 amide bonds. The fourth-order valence-electron chi connectivity index (χ4n) is 4.36.